The van der Waals surface area contributed by atoms with Gasteiger partial charge >= 0.3 is 0 Å². The van der Waals surface area contributed by atoms with Crippen molar-refractivity contribution in [3.63, 3.8) is 0 Å². The van der Waals surface area contributed by atoms with Crippen molar-refractivity contribution in [2.24, 2.45) is 0 Å². The Kier molecular flexibility index (Phi) is 7.17. The minimum atomic E-state index is 0.879. The third kappa shape index (κ3) is 5.13. The molecule has 0 aliphatic heterocycles. The van der Waals surface area contributed by atoms with E-state index in [-0.39, 0.29) is 0 Å². The van der Waals surface area contributed by atoms with E-state index < -0.39 is 0 Å². The van der Waals surface area contributed by atoms with E-state index in [4.69, 9.17) is 4.42 Å². The van der Waals surface area contributed by atoms with Crippen LogP contribution in [0, 0.1) is 0 Å². The van der Waals surface area contributed by atoms with Crippen molar-refractivity contribution in [3.05, 3.63) is 206 Å². The molecule has 11 rings (SSSR count). The number of nitrogens with zero attached hydrogens (tertiary/aromatic N) is 2. The number of furan rings is 1. The van der Waals surface area contributed by atoms with Gasteiger partial charge in [-0.3, -0.25) is 0 Å². The van der Waals surface area contributed by atoms with E-state index in [2.05, 4.69) is 204 Å². The maximum absolute atomic E-state index is 6.41. The first-order chi connectivity index (χ1) is 27.3. The quantitative estimate of drug-likeness (QED) is 0.172. The van der Waals surface area contributed by atoms with Gasteiger partial charge in [-0.25, -0.2) is 0 Å². The van der Waals surface area contributed by atoms with E-state index >= 15 is 0 Å². The summed E-state index contributed by atoms with van der Waals surface area (Å²) < 4.78 is 8.83. The number of aromatic nitrogens is 1. The molecule has 0 amide bonds. The molecule has 3 nitrogen and oxygen atoms in total. The average Bonchev–Trinajstić information content (AvgIpc) is 3.79. The lowest BCUT2D eigenvalue weighted by molar-refractivity contribution is 0.669. The van der Waals surface area contributed by atoms with Crippen molar-refractivity contribution < 1.29 is 4.42 Å². The Morgan fingerprint density at radius 3 is 1.82 bits per heavy atom. The second-order valence-electron chi connectivity index (χ2n) is 14.1. The predicted molar refractivity (Wildman–Crippen MR) is 231 cm³/mol. The number of hydrogen-bond acceptors (Lipinski definition) is 2. The summed E-state index contributed by atoms with van der Waals surface area (Å²) in [4.78, 5) is 2.43. The van der Waals surface area contributed by atoms with Crippen molar-refractivity contribution >= 4 is 71.6 Å². The fourth-order valence-corrected chi connectivity index (χ4v) is 8.43. The van der Waals surface area contributed by atoms with Crippen LogP contribution in [0.1, 0.15) is 0 Å². The molecule has 0 fully saturated rings. The number of para-hydroxylation sites is 6. The Balaban J connectivity index is 1.17. The van der Waals surface area contributed by atoms with Crippen molar-refractivity contribution in [2.75, 3.05) is 4.90 Å². The SMILES string of the molecule is c1cc(-c2ccc3ccccc3c2)cc(N(c2ccccc2-c2ccc3c(c2)oc2ccccc23)c2ccccc2-n2c3ccccc3c3ccccc32)c1. The molecule has 0 aliphatic carbocycles. The third-order valence-electron chi connectivity index (χ3n) is 11.0. The molecular weight excluding hydrogens is 669 g/mol. The van der Waals surface area contributed by atoms with E-state index in [1.54, 1.807) is 0 Å². The molecule has 2 aromatic heterocycles. The van der Waals surface area contributed by atoms with Crippen LogP contribution in [0.15, 0.2) is 211 Å². The first-order valence-electron chi connectivity index (χ1n) is 18.8. The molecule has 258 valence electrons. The monoisotopic (exact) mass is 702 g/mol. The first kappa shape index (κ1) is 31.2. The summed E-state index contributed by atoms with van der Waals surface area (Å²) in [6.07, 6.45) is 0. The summed E-state index contributed by atoms with van der Waals surface area (Å²) in [7, 11) is 0. The normalized spacial score (nSPS) is 11.6. The van der Waals surface area contributed by atoms with Gasteiger partial charge in [-0.1, -0.05) is 140 Å². The molecule has 0 unspecified atom stereocenters. The summed E-state index contributed by atoms with van der Waals surface area (Å²) in [6, 6.07) is 74.1. The minimum Gasteiger partial charge on any atom is -0.456 e. The zero-order chi connectivity index (χ0) is 36.3. The van der Waals surface area contributed by atoms with Gasteiger partial charge in [0.05, 0.1) is 28.1 Å². The van der Waals surface area contributed by atoms with E-state index in [9.17, 15) is 0 Å². The predicted octanol–water partition coefficient (Wildman–Crippen LogP) is 14.6. The van der Waals surface area contributed by atoms with E-state index in [1.165, 1.54) is 38.1 Å². The highest BCUT2D eigenvalue weighted by atomic mass is 16.3. The van der Waals surface area contributed by atoms with Crippen LogP contribution in [0.25, 0.3) is 82.5 Å². The van der Waals surface area contributed by atoms with Crippen LogP contribution in [0.5, 0.6) is 0 Å². The van der Waals surface area contributed by atoms with Crippen LogP contribution in [-0.2, 0) is 0 Å². The van der Waals surface area contributed by atoms with Gasteiger partial charge in [-0.15, -0.1) is 0 Å². The molecule has 0 spiro atoms. The Hall–Kier alpha value is -7.36. The molecular formula is C52H34N2O. The summed E-state index contributed by atoms with van der Waals surface area (Å²) >= 11 is 0. The lowest BCUT2D eigenvalue weighted by Gasteiger charge is -2.30. The van der Waals surface area contributed by atoms with Crippen molar-refractivity contribution in [1.29, 1.82) is 0 Å². The molecule has 0 saturated carbocycles. The second kappa shape index (κ2) is 12.6. The molecule has 0 bridgehead atoms. The van der Waals surface area contributed by atoms with Crippen molar-refractivity contribution in [1.82, 2.24) is 4.57 Å². The number of hydrogen-bond donors (Lipinski definition) is 0. The summed E-state index contributed by atoms with van der Waals surface area (Å²) in [5, 5.41) is 7.18. The number of anilines is 3. The van der Waals surface area contributed by atoms with Crippen LogP contribution in [0.4, 0.5) is 17.1 Å². The van der Waals surface area contributed by atoms with Gasteiger partial charge < -0.3 is 13.9 Å². The molecule has 0 aliphatic rings. The molecule has 11 aromatic rings. The summed E-state index contributed by atoms with van der Waals surface area (Å²) in [5.74, 6) is 0. The zero-order valence-electron chi connectivity index (χ0n) is 29.9. The zero-order valence-corrected chi connectivity index (χ0v) is 29.9. The summed E-state index contributed by atoms with van der Waals surface area (Å²) in [5.41, 5.74) is 13.0. The largest absolute Gasteiger partial charge is 0.456 e. The Morgan fingerprint density at radius 2 is 0.982 bits per heavy atom. The highest BCUT2D eigenvalue weighted by Crippen LogP contribution is 2.46. The second-order valence-corrected chi connectivity index (χ2v) is 14.1. The molecule has 55 heavy (non-hydrogen) atoms. The number of fused-ring (bicyclic) bond motifs is 7. The van der Waals surface area contributed by atoms with Gasteiger partial charge in [-0.05, 0) is 94.2 Å². The Labute approximate surface area is 318 Å². The maximum Gasteiger partial charge on any atom is 0.136 e. The van der Waals surface area contributed by atoms with Gasteiger partial charge in [-0.2, -0.15) is 0 Å². The van der Waals surface area contributed by atoms with Gasteiger partial charge in [0, 0.05) is 32.8 Å². The van der Waals surface area contributed by atoms with Crippen LogP contribution < -0.4 is 4.90 Å². The molecule has 0 atom stereocenters. The fourth-order valence-electron chi connectivity index (χ4n) is 8.43. The average molecular weight is 703 g/mol. The van der Waals surface area contributed by atoms with Gasteiger partial charge in [0.2, 0.25) is 0 Å². The number of benzene rings is 9. The highest BCUT2D eigenvalue weighted by molar-refractivity contribution is 6.10. The first-order valence-corrected chi connectivity index (χ1v) is 18.8. The molecule has 9 aromatic carbocycles. The molecule has 2 heterocycles. The molecule has 0 radical (unpaired) electrons. The van der Waals surface area contributed by atoms with Crippen LogP contribution in [0.2, 0.25) is 0 Å². The Bertz CT molecular complexity index is 3190. The van der Waals surface area contributed by atoms with E-state index in [0.29, 0.717) is 0 Å². The molecule has 0 N–H and O–H groups in total. The fraction of sp³-hybridized carbons (Fsp3) is 0. The van der Waals surface area contributed by atoms with Crippen LogP contribution >= 0.6 is 0 Å². The van der Waals surface area contributed by atoms with Gasteiger partial charge in [0.25, 0.3) is 0 Å². The maximum atomic E-state index is 6.41. The van der Waals surface area contributed by atoms with Crippen LogP contribution in [-0.4, -0.2) is 4.57 Å². The van der Waals surface area contributed by atoms with Gasteiger partial charge in [0.1, 0.15) is 11.2 Å². The lowest BCUT2D eigenvalue weighted by atomic mass is 9.98. The smallest absolute Gasteiger partial charge is 0.136 e. The van der Waals surface area contributed by atoms with E-state index in [0.717, 1.165) is 61.4 Å². The molecule has 3 heteroatoms. The lowest BCUT2D eigenvalue weighted by Crippen LogP contribution is -2.14. The molecule has 0 saturated heterocycles. The van der Waals surface area contributed by atoms with Crippen molar-refractivity contribution in [3.8, 4) is 27.9 Å². The van der Waals surface area contributed by atoms with Gasteiger partial charge in [0.15, 0.2) is 0 Å². The van der Waals surface area contributed by atoms with Crippen LogP contribution in [0.3, 0.4) is 0 Å². The topological polar surface area (TPSA) is 21.3 Å². The Morgan fingerprint density at radius 1 is 0.364 bits per heavy atom. The van der Waals surface area contributed by atoms with E-state index in [1.807, 2.05) is 12.1 Å². The standard InChI is InChI=1S/C52H34N2O/c1-2-15-36-32-38(29-28-35(36)14-1)37-16-13-17-40(33-37)53(46-22-7-3-18-41(46)39-30-31-45-44-21-6-12-27-51(44)55-52(45)34-39)49-25-10-11-26-50(49)54-47-23-8-4-19-42(47)43-20-5-9-24-48(43)54/h1-34H. The highest BCUT2D eigenvalue weighted by Gasteiger charge is 2.23. The third-order valence-corrected chi connectivity index (χ3v) is 11.0. The summed E-state index contributed by atoms with van der Waals surface area (Å²) in [6.45, 7) is 0. The number of rotatable bonds is 6. The minimum absolute atomic E-state index is 0.879. The van der Waals surface area contributed by atoms with Crippen molar-refractivity contribution in [2.45, 2.75) is 0 Å².